The molecule has 0 aromatic rings. The summed E-state index contributed by atoms with van der Waals surface area (Å²) in [5, 5.41) is 0. The van der Waals surface area contributed by atoms with Crippen LogP contribution in [0.25, 0.3) is 0 Å². The third kappa shape index (κ3) is 4.55. The van der Waals surface area contributed by atoms with Gasteiger partial charge in [0.1, 0.15) is 0 Å². The van der Waals surface area contributed by atoms with Crippen LogP contribution in [-0.2, 0) is 14.3 Å². The molecule has 0 N–H and O–H groups in total. The van der Waals surface area contributed by atoms with Crippen LogP contribution in [0.1, 0.15) is 12.8 Å². The van der Waals surface area contributed by atoms with Crippen molar-refractivity contribution in [2.24, 2.45) is 0 Å². The molecule has 110 valence electrons. The molecule has 0 aliphatic rings. The molecule has 0 atom stereocenters. The maximum atomic E-state index is 12.2. The Hall–Kier alpha value is -0.650. The molecule has 0 aliphatic carbocycles. The van der Waals surface area contributed by atoms with Gasteiger partial charge in [0, 0.05) is 6.42 Å². The van der Waals surface area contributed by atoms with Gasteiger partial charge in [-0.2, -0.15) is 43.5 Å². The zero-order valence-electron chi connectivity index (χ0n) is 8.28. The van der Waals surface area contributed by atoms with Gasteiger partial charge in [-0.3, -0.25) is 4.18 Å². The molecule has 0 unspecified atom stereocenters. The van der Waals surface area contributed by atoms with Crippen LogP contribution < -0.4 is 0 Å². The van der Waals surface area contributed by atoms with E-state index >= 15 is 0 Å². The predicted molar refractivity (Wildman–Crippen MR) is 41.2 cm³/mol. The standard InChI is InChI=1S/C6H6F8O3S/c7-4(8,5(9,10)11)2-1-3-17-18(15,16)6(12,13)14/h1-3H2. The minimum Gasteiger partial charge on any atom is -0.263 e. The van der Waals surface area contributed by atoms with Gasteiger partial charge in [-0.1, -0.05) is 0 Å². The Bertz CT molecular complexity index is 367. The van der Waals surface area contributed by atoms with E-state index in [1.807, 2.05) is 0 Å². The van der Waals surface area contributed by atoms with Crippen LogP contribution in [0.3, 0.4) is 0 Å². The van der Waals surface area contributed by atoms with Crippen LogP contribution in [0.5, 0.6) is 0 Å². The third-order valence-electron chi connectivity index (χ3n) is 1.57. The Morgan fingerprint density at radius 1 is 0.889 bits per heavy atom. The van der Waals surface area contributed by atoms with Crippen molar-refractivity contribution in [1.29, 1.82) is 0 Å². The molecule has 12 heteroatoms. The zero-order chi connectivity index (χ0) is 14.8. The molecule has 0 aromatic carbocycles. The number of alkyl halides is 8. The van der Waals surface area contributed by atoms with Crippen molar-refractivity contribution in [3.63, 3.8) is 0 Å². The Balaban J connectivity index is 4.26. The SMILES string of the molecule is O=S(=O)(OCCCC(F)(F)C(F)(F)F)C(F)(F)F. The monoisotopic (exact) mass is 310 g/mol. The Kier molecular flexibility index (Phi) is 4.96. The van der Waals surface area contributed by atoms with Gasteiger partial charge in [0.05, 0.1) is 6.61 Å². The van der Waals surface area contributed by atoms with Crippen molar-refractivity contribution in [2.75, 3.05) is 6.61 Å². The summed E-state index contributed by atoms with van der Waals surface area (Å²) in [7, 11) is -5.98. The topological polar surface area (TPSA) is 43.4 Å². The highest BCUT2D eigenvalue weighted by atomic mass is 32.2. The van der Waals surface area contributed by atoms with Crippen LogP contribution in [0.2, 0.25) is 0 Å². The van der Waals surface area contributed by atoms with Crippen LogP contribution in [0.4, 0.5) is 35.1 Å². The van der Waals surface area contributed by atoms with Gasteiger partial charge in [0.15, 0.2) is 0 Å². The average molecular weight is 310 g/mol. The van der Waals surface area contributed by atoms with E-state index in [-0.39, 0.29) is 0 Å². The van der Waals surface area contributed by atoms with E-state index < -0.39 is 47.2 Å². The van der Waals surface area contributed by atoms with E-state index in [4.69, 9.17) is 0 Å². The van der Waals surface area contributed by atoms with Gasteiger partial charge in [0.25, 0.3) is 0 Å². The lowest BCUT2D eigenvalue weighted by Crippen LogP contribution is -2.36. The van der Waals surface area contributed by atoms with E-state index in [1.54, 1.807) is 0 Å². The normalized spacial score (nSPS) is 14.9. The highest BCUT2D eigenvalue weighted by Crippen LogP contribution is 2.38. The first kappa shape index (κ1) is 17.4. The fourth-order valence-corrected chi connectivity index (χ4v) is 1.14. The second-order valence-corrected chi connectivity index (χ2v) is 4.63. The van der Waals surface area contributed by atoms with E-state index in [9.17, 15) is 43.5 Å². The Morgan fingerprint density at radius 2 is 1.33 bits per heavy atom. The molecular weight excluding hydrogens is 304 g/mol. The van der Waals surface area contributed by atoms with Crippen molar-refractivity contribution in [1.82, 2.24) is 0 Å². The first-order valence-electron chi connectivity index (χ1n) is 4.11. The van der Waals surface area contributed by atoms with Gasteiger partial charge >= 0.3 is 27.7 Å². The molecule has 0 heterocycles. The lowest BCUT2D eigenvalue weighted by molar-refractivity contribution is -0.284. The third-order valence-corrected chi connectivity index (χ3v) is 2.62. The second-order valence-electron chi connectivity index (χ2n) is 3.03. The summed E-state index contributed by atoms with van der Waals surface area (Å²) in [5.41, 5.74) is -5.75. The molecule has 0 aliphatic heterocycles. The van der Waals surface area contributed by atoms with Gasteiger partial charge in [-0.15, -0.1) is 0 Å². The molecule has 0 amide bonds. The van der Waals surface area contributed by atoms with Crippen LogP contribution in [0.15, 0.2) is 0 Å². The van der Waals surface area contributed by atoms with Gasteiger partial charge in [-0.05, 0) is 6.42 Å². The second kappa shape index (κ2) is 5.15. The summed E-state index contributed by atoms with van der Waals surface area (Å²) in [4.78, 5) is 0. The number of hydrogen-bond acceptors (Lipinski definition) is 3. The fourth-order valence-electron chi connectivity index (χ4n) is 0.671. The van der Waals surface area contributed by atoms with Gasteiger partial charge in [-0.25, -0.2) is 0 Å². The zero-order valence-corrected chi connectivity index (χ0v) is 9.09. The number of hydrogen-bond donors (Lipinski definition) is 0. The summed E-state index contributed by atoms with van der Waals surface area (Å²) >= 11 is 0. The molecule has 0 spiro atoms. The van der Waals surface area contributed by atoms with Crippen LogP contribution in [0, 0.1) is 0 Å². The minimum atomic E-state index is -5.98. The Morgan fingerprint density at radius 3 is 1.67 bits per heavy atom. The maximum Gasteiger partial charge on any atom is 0.523 e. The highest BCUT2D eigenvalue weighted by molar-refractivity contribution is 7.87. The lowest BCUT2D eigenvalue weighted by atomic mass is 10.2. The average Bonchev–Trinajstić information content (AvgIpc) is 2.08. The first-order chi connectivity index (χ1) is 7.71. The van der Waals surface area contributed by atoms with Crippen molar-refractivity contribution in [3.8, 4) is 0 Å². The van der Waals surface area contributed by atoms with Gasteiger partial charge < -0.3 is 0 Å². The van der Waals surface area contributed by atoms with E-state index in [2.05, 4.69) is 4.18 Å². The molecule has 0 fully saturated rings. The molecule has 0 radical (unpaired) electrons. The van der Waals surface area contributed by atoms with E-state index in [0.717, 1.165) is 0 Å². The summed E-state index contributed by atoms with van der Waals surface area (Å²) in [5.74, 6) is -5.11. The Labute approximate surface area is 95.8 Å². The smallest absolute Gasteiger partial charge is 0.263 e. The van der Waals surface area contributed by atoms with Crippen LogP contribution >= 0.6 is 0 Å². The van der Waals surface area contributed by atoms with Crippen LogP contribution in [-0.4, -0.2) is 32.6 Å². The molecule has 0 rings (SSSR count). The largest absolute Gasteiger partial charge is 0.523 e. The maximum absolute atomic E-state index is 12.2. The summed E-state index contributed by atoms with van der Waals surface area (Å²) in [6, 6.07) is 0. The van der Waals surface area contributed by atoms with Gasteiger partial charge in [0.2, 0.25) is 0 Å². The fraction of sp³-hybridized carbons (Fsp3) is 1.00. The molecule has 0 bridgehead atoms. The molecular formula is C6H6F8O3S. The lowest BCUT2D eigenvalue weighted by Gasteiger charge is -2.19. The van der Waals surface area contributed by atoms with Crippen molar-refractivity contribution in [3.05, 3.63) is 0 Å². The van der Waals surface area contributed by atoms with Crippen molar-refractivity contribution in [2.45, 2.75) is 30.4 Å². The first-order valence-corrected chi connectivity index (χ1v) is 5.52. The minimum absolute atomic E-state index is 1.21. The molecule has 0 saturated heterocycles. The predicted octanol–water partition coefficient (Wildman–Crippen LogP) is 2.83. The summed E-state index contributed by atoms with van der Waals surface area (Å²) in [6.07, 6.45) is -8.93. The quantitative estimate of drug-likeness (QED) is 0.339. The summed E-state index contributed by atoms with van der Waals surface area (Å²) < 4.78 is 118. The summed E-state index contributed by atoms with van der Waals surface area (Å²) in [6.45, 7) is -1.42. The van der Waals surface area contributed by atoms with Crippen molar-refractivity contribution < 1.29 is 47.7 Å². The highest BCUT2D eigenvalue weighted by Gasteiger charge is 2.56. The molecule has 18 heavy (non-hydrogen) atoms. The van der Waals surface area contributed by atoms with E-state index in [1.165, 1.54) is 0 Å². The molecule has 3 nitrogen and oxygen atoms in total. The van der Waals surface area contributed by atoms with Crippen molar-refractivity contribution >= 4 is 10.1 Å². The number of halogens is 8. The molecule has 0 saturated carbocycles. The number of rotatable bonds is 5. The van der Waals surface area contributed by atoms with E-state index in [0.29, 0.717) is 0 Å². The molecule has 0 aromatic heterocycles.